The summed E-state index contributed by atoms with van der Waals surface area (Å²) in [6.45, 7) is 8.33. The Morgan fingerprint density at radius 1 is 1.16 bits per heavy atom. The van der Waals surface area contributed by atoms with Crippen LogP contribution in [0.15, 0.2) is 30.3 Å². The first-order valence-electron chi connectivity index (χ1n) is 6.76. The third kappa shape index (κ3) is 3.31. The van der Waals surface area contributed by atoms with Gasteiger partial charge in [-0.1, -0.05) is 31.2 Å². The van der Waals surface area contributed by atoms with E-state index >= 15 is 0 Å². The summed E-state index contributed by atoms with van der Waals surface area (Å²) < 4.78 is 0. The van der Waals surface area contributed by atoms with Crippen LogP contribution in [0.3, 0.4) is 0 Å². The van der Waals surface area contributed by atoms with Gasteiger partial charge in [0.25, 0.3) is 0 Å². The van der Waals surface area contributed by atoms with Crippen molar-refractivity contribution in [1.29, 1.82) is 0 Å². The average Bonchev–Trinajstić information content (AvgIpc) is 2.38. The lowest BCUT2D eigenvalue weighted by molar-refractivity contribution is 0.851. The molecule has 0 spiro atoms. The first-order chi connectivity index (χ1) is 9.10. The highest BCUT2D eigenvalue weighted by atomic mass is 15.0. The average molecular weight is 255 g/mol. The summed E-state index contributed by atoms with van der Waals surface area (Å²) in [5, 5.41) is 3.46. The summed E-state index contributed by atoms with van der Waals surface area (Å²) >= 11 is 0. The molecule has 0 radical (unpaired) electrons. The van der Waals surface area contributed by atoms with Crippen molar-refractivity contribution in [3.05, 3.63) is 53.0 Å². The Morgan fingerprint density at radius 3 is 2.58 bits per heavy atom. The van der Waals surface area contributed by atoms with Gasteiger partial charge in [-0.3, -0.25) is 0 Å². The highest BCUT2D eigenvalue weighted by Crippen LogP contribution is 2.21. The molecule has 3 heteroatoms. The number of benzene rings is 1. The molecule has 0 saturated carbocycles. The van der Waals surface area contributed by atoms with Crippen LogP contribution in [0.4, 0.5) is 5.82 Å². The molecule has 0 bridgehead atoms. The molecular weight excluding hydrogens is 234 g/mol. The van der Waals surface area contributed by atoms with Gasteiger partial charge in [-0.15, -0.1) is 0 Å². The van der Waals surface area contributed by atoms with Crippen LogP contribution >= 0.6 is 0 Å². The van der Waals surface area contributed by atoms with E-state index in [1.165, 1.54) is 11.1 Å². The number of nitrogens with one attached hydrogen (secondary N) is 1. The van der Waals surface area contributed by atoms with Gasteiger partial charge in [-0.2, -0.15) is 0 Å². The van der Waals surface area contributed by atoms with E-state index in [4.69, 9.17) is 0 Å². The number of hydrogen-bond acceptors (Lipinski definition) is 3. The minimum atomic E-state index is 0.236. The molecule has 0 fully saturated rings. The van der Waals surface area contributed by atoms with Crippen molar-refractivity contribution in [2.45, 2.75) is 40.2 Å². The lowest BCUT2D eigenvalue weighted by atomic mass is 10.0. The number of hydrogen-bond donors (Lipinski definition) is 1. The van der Waals surface area contributed by atoms with Crippen LogP contribution in [0.5, 0.6) is 0 Å². The third-order valence-corrected chi connectivity index (χ3v) is 3.27. The van der Waals surface area contributed by atoms with E-state index in [0.29, 0.717) is 0 Å². The lowest BCUT2D eigenvalue weighted by Gasteiger charge is -2.17. The van der Waals surface area contributed by atoms with E-state index in [1.807, 2.05) is 13.0 Å². The van der Waals surface area contributed by atoms with Crippen molar-refractivity contribution in [2.75, 3.05) is 5.32 Å². The molecule has 0 saturated heterocycles. The molecular formula is C16H21N3. The van der Waals surface area contributed by atoms with E-state index in [-0.39, 0.29) is 6.04 Å². The molecule has 1 atom stereocenters. The van der Waals surface area contributed by atoms with E-state index < -0.39 is 0 Å². The highest BCUT2D eigenvalue weighted by Gasteiger charge is 2.09. The maximum Gasteiger partial charge on any atom is 0.130 e. The molecule has 1 aromatic heterocycles. The van der Waals surface area contributed by atoms with E-state index in [9.17, 15) is 0 Å². The van der Waals surface area contributed by atoms with Gasteiger partial charge in [0.05, 0.1) is 6.04 Å². The monoisotopic (exact) mass is 255 g/mol. The Bertz CT molecular complexity index is 564. The van der Waals surface area contributed by atoms with Crippen LogP contribution in [0, 0.1) is 13.8 Å². The fraction of sp³-hybridized carbons (Fsp3) is 0.375. The molecule has 2 rings (SSSR count). The number of aryl methyl sites for hydroxylation is 3. The summed E-state index contributed by atoms with van der Waals surface area (Å²) in [7, 11) is 0. The van der Waals surface area contributed by atoms with Crippen molar-refractivity contribution >= 4 is 5.82 Å². The maximum atomic E-state index is 4.45. The summed E-state index contributed by atoms with van der Waals surface area (Å²) in [6.07, 6.45) is 0.927. The second-order valence-electron chi connectivity index (χ2n) is 4.87. The molecule has 2 aromatic rings. The fourth-order valence-electron chi connectivity index (χ4n) is 2.26. The van der Waals surface area contributed by atoms with Crippen LogP contribution in [0.25, 0.3) is 0 Å². The number of aromatic nitrogens is 2. The number of rotatable bonds is 4. The zero-order chi connectivity index (χ0) is 13.8. The number of nitrogens with zero attached hydrogens (tertiary/aromatic N) is 2. The SMILES string of the molecule is CCc1cc(NC(C)c2ccccc2C)nc(C)n1. The molecule has 0 aliphatic heterocycles. The molecule has 100 valence electrons. The van der Waals surface area contributed by atoms with Gasteiger partial charge >= 0.3 is 0 Å². The second kappa shape index (κ2) is 5.83. The molecule has 1 aromatic carbocycles. The number of anilines is 1. The quantitative estimate of drug-likeness (QED) is 0.902. The van der Waals surface area contributed by atoms with Gasteiger partial charge in [0.1, 0.15) is 11.6 Å². The Morgan fingerprint density at radius 2 is 1.89 bits per heavy atom. The minimum Gasteiger partial charge on any atom is -0.363 e. The zero-order valence-corrected chi connectivity index (χ0v) is 12.1. The molecule has 0 aliphatic carbocycles. The van der Waals surface area contributed by atoms with Gasteiger partial charge in [0.15, 0.2) is 0 Å². The predicted molar refractivity (Wildman–Crippen MR) is 79.4 cm³/mol. The lowest BCUT2D eigenvalue weighted by Crippen LogP contribution is -2.10. The van der Waals surface area contributed by atoms with Gasteiger partial charge in [0.2, 0.25) is 0 Å². The highest BCUT2D eigenvalue weighted by molar-refractivity contribution is 5.41. The summed E-state index contributed by atoms with van der Waals surface area (Å²) in [6, 6.07) is 10.7. The first-order valence-corrected chi connectivity index (χ1v) is 6.76. The molecule has 1 heterocycles. The smallest absolute Gasteiger partial charge is 0.130 e. The Hall–Kier alpha value is -1.90. The molecule has 1 unspecified atom stereocenters. The van der Waals surface area contributed by atoms with Crippen LogP contribution in [0.2, 0.25) is 0 Å². The third-order valence-electron chi connectivity index (χ3n) is 3.27. The van der Waals surface area contributed by atoms with Gasteiger partial charge < -0.3 is 5.32 Å². The molecule has 0 amide bonds. The molecule has 19 heavy (non-hydrogen) atoms. The van der Waals surface area contributed by atoms with Crippen LogP contribution in [-0.2, 0) is 6.42 Å². The van der Waals surface area contributed by atoms with E-state index in [2.05, 4.69) is 60.3 Å². The molecule has 0 aliphatic rings. The van der Waals surface area contributed by atoms with Crippen LogP contribution in [0.1, 0.15) is 42.5 Å². The van der Waals surface area contributed by atoms with Crippen molar-refractivity contribution in [3.63, 3.8) is 0 Å². The zero-order valence-electron chi connectivity index (χ0n) is 12.1. The fourth-order valence-corrected chi connectivity index (χ4v) is 2.26. The molecule has 1 N–H and O–H groups in total. The van der Waals surface area contributed by atoms with Crippen molar-refractivity contribution in [1.82, 2.24) is 9.97 Å². The summed E-state index contributed by atoms with van der Waals surface area (Å²) in [4.78, 5) is 8.85. The maximum absolute atomic E-state index is 4.45. The molecule has 3 nitrogen and oxygen atoms in total. The summed E-state index contributed by atoms with van der Waals surface area (Å²) in [5.74, 6) is 1.72. The van der Waals surface area contributed by atoms with Gasteiger partial charge in [0, 0.05) is 11.8 Å². The summed E-state index contributed by atoms with van der Waals surface area (Å²) in [5.41, 5.74) is 3.67. The standard InChI is InChI=1S/C16H21N3/c1-5-14-10-16(19-13(4)18-14)17-12(3)15-9-7-6-8-11(15)2/h6-10,12H,5H2,1-4H3,(H,17,18,19). The Balaban J connectivity index is 2.21. The van der Waals surface area contributed by atoms with Gasteiger partial charge in [-0.25, -0.2) is 9.97 Å². The van der Waals surface area contributed by atoms with Gasteiger partial charge in [-0.05, 0) is 38.3 Å². The van der Waals surface area contributed by atoms with Crippen LogP contribution in [-0.4, -0.2) is 9.97 Å². The topological polar surface area (TPSA) is 37.8 Å². The minimum absolute atomic E-state index is 0.236. The van der Waals surface area contributed by atoms with Crippen molar-refractivity contribution in [2.24, 2.45) is 0 Å². The van der Waals surface area contributed by atoms with E-state index in [0.717, 1.165) is 23.8 Å². The largest absolute Gasteiger partial charge is 0.363 e. The van der Waals surface area contributed by atoms with Crippen LogP contribution < -0.4 is 5.32 Å². The second-order valence-corrected chi connectivity index (χ2v) is 4.87. The van der Waals surface area contributed by atoms with Crippen molar-refractivity contribution < 1.29 is 0 Å². The normalized spacial score (nSPS) is 12.2. The van der Waals surface area contributed by atoms with Crippen molar-refractivity contribution in [3.8, 4) is 0 Å². The predicted octanol–water partition coefficient (Wildman–Crippen LogP) is 3.83. The van der Waals surface area contributed by atoms with E-state index in [1.54, 1.807) is 0 Å². The Kier molecular flexibility index (Phi) is 4.15. The first kappa shape index (κ1) is 13.5. The Labute approximate surface area is 115 Å².